The normalized spacial score (nSPS) is 15.2. The predicted octanol–water partition coefficient (Wildman–Crippen LogP) is 1.18. The lowest BCUT2D eigenvalue weighted by atomic mass is 9.90. The summed E-state index contributed by atoms with van der Waals surface area (Å²) in [7, 11) is 0. The van der Waals surface area contributed by atoms with Crippen molar-refractivity contribution in [1.82, 2.24) is 10.4 Å². The maximum absolute atomic E-state index is 13.4. The molecule has 186 valence electrons. The Morgan fingerprint density at radius 3 is 2.35 bits per heavy atom. The van der Waals surface area contributed by atoms with Gasteiger partial charge in [0, 0.05) is 5.56 Å². The topological polar surface area (TPSA) is 147 Å². The van der Waals surface area contributed by atoms with Gasteiger partial charge in [-0.3, -0.25) is 10.2 Å². The molecule has 1 saturated heterocycles. The summed E-state index contributed by atoms with van der Waals surface area (Å²) in [5.41, 5.74) is -1.10. The van der Waals surface area contributed by atoms with Gasteiger partial charge in [-0.1, -0.05) is 18.2 Å². The van der Waals surface area contributed by atoms with Crippen LogP contribution in [-0.2, 0) is 28.6 Å². The zero-order valence-corrected chi connectivity index (χ0v) is 19.4. The van der Waals surface area contributed by atoms with E-state index in [0.717, 1.165) is 6.08 Å². The van der Waals surface area contributed by atoms with Gasteiger partial charge in [0.25, 0.3) is 5.91 Å². The Morgan fingerprint density at radius 2 is 1.76 bits per heavy atom. The average Bonchev–Trinajstić information content (AvgIpc) is 2.85. The van der Waals surface area contributed by atoms with Gasteiger partial charge in [-0.15, -0.1) is 5.06 Å². The average molecular weight is 478 g/mol. The molecule has 0 unspecified atom stereocenters. The molecule has 0 radical (unpaired) electrons. The van der Waals surface area contributed by atoms with Gasteiger partial charge in [-0.25, -0.2) is 9.59 Å². The van der Waals surface area contributed by atoms with Crippen molar-refractivity contribution in [1.29, 1.82) is 5.41 Å². The van der Waals surface area contributed by atoms with Crippen LogP contribution in [0.2, 0.25) is 0 Å². The summed E-state index contributed by atoms with van der Waals surface area (Å²) in [6, 6.07) is 8.04. The summed E-state index contributed by atoms with van der Waals surface area (Å²) in [6.07, 6.45) is 1.39. The lowest BCUT2D eigenvalue weighted by Gasteiger charge is -2.40. The van der Waals surface area contributed by atoms with Gasteiger partial charge in [0.15, 0.2) is 5.84 Å². The SMILES string of the molecule is CCOC(=O)C=C(ON(C(=N)C1(OCCO)CCNCC1)C(=O)c1ccccc1)C(=O)OCC. The minimum absolute atomic E-state index is 0.0122. The third-order valence-electron chi connectivity index (χ3n) is 4.92. The summed E-state index contributed by atoms with van der Waals surface area (Å²) >= 11 is 0. The van der Waals surface area contributed by atoms with E-state index < -0.39 is 29.2 Å². The Morgan fingerprint density at radius 1 is 1.12 bits per heavy atom. The highest BCUT2D eigenvalue weighted by molar-refractivity contribution is 6.07. The number of carbonyl (C=O) groups excluding carboxylic acids is 3. The largest absolute Gasteiger partial charge is 0.463 e. The first kappa shape index (κ1) is 27.0. The van der Waals surface area contributed by atoms with Crippen molar-refractivity contribution in [2.24, 2.45) is 0 Å². The number of hydrogen-bond acceptors (Lipinski definition) is 10. The Labute approximate surface area is 198 Å². The van der Waals surface area contributed by atoms with E-state index in [2.05, 4.69) is 5.32 Å². The Kier molecular flexibility index (Phi) is 10.7. The van der Waals surface area contributed by atoms with Gasteiger partial charge in [0.2, 0.25) is 5.76 Å². The van der Waals surface area contributed by atoms with E-state index in [-0.39, 0.29) is 37.8 Å². The number of hydrogen-bond donors (Lipinski definition) is 3. The number of amides is 1. The van der Waals surface area contributed by atoms with Gasteiger partial charge < -0.3 is 29.5 Å². The van der Waals surface area contributed by atoms with E-state index in [1.165, 1.54) is 12.1 Å². The fourth-order valence-corrected chi connectivity index (χ4v) is 3.31. The quantitative estimate of drug-likeness (QED) is 0.107. The third kappa shape index (κ3) is 7.11. The highest BCUT2D eigenvalue weighted by Crippen LogP contribution is 2.28. The van der Waals surface area contributed by atoms with Gasteiger partial charge in [0.05, 0.1) is 32.5 Å². The maximum Gasteiger partial charge on any atom is 0.377 e. The molecular weight excluding hydrogens is 446 g/mol. The second-order valence-corrected chi connectivity index (χ2v) is 7.20. The number of aliphatic hydroxyl groups is 1. The first-order chi connectivity index (χ1) is 16.4. The number of benzene rings is 1. The minimum Gasteiger partial charge on any atom is -0.463 e. The number of piperidine rings is 1. The summed E-state index contributed by atoms with van der Waals surface area (Å²) in [4.78, 5) is 43.6. The number of aliphatic hydroxyl groups excluding tert-OH is 1. The van der Waals surface area contributed by atoms with Crippen LogP contribution >= 0.6 is 0 Å². The Bertz CT molecular complexity index is 881. The van der Waals surface area contributed by atoms with E-state index in [1.807, 2.05) is 0 Å². The smallest absolute Gasteiger partial charge is 0.377 e. The fourth-order valence-electron chi connectivity index (χ4n) is 3.31. The van der Waals surface area contributed by atoms with Crippen LogP contribution in [0.3, 0.4) is 0 Å². The predicted molar refractivity (Wildman–Crippen MR) is 121 cm³/mol. The molecule has 1 amide bonds. The monoisotopic (exact) mass is 477 g/mol. The first-order valence-corrected chi connectivity index (χ1v) is 11.1. The number of nitrogens with zero attached hydrogens (tertiary/aromatic N) is 1. The van der Waals surface area contributed by atoms with Crippen molar-refractivity contribution in [2.75, 3.05) is 39.5 Å². The van der Waals surface area contributed by atoms with Crippen molar-refractivity contribution in [3.63, 3.8) is 0 Å². The number of nitrogens with one attached hydrogen (secondary N) is 2. The number of hydroxylamine groups is 2. The van der Waals surface area contributed by atoms with E-state index in [1.54, 1.807) is 32.0 Å². The molecule has 0 atom stereocenters. The Hall–Kier alpha value is -3.28. The highest BCUT2D eigenvalue weighted by atomic mass is 16.7. The molecule has 1 aromatic carbocycles. The standard InChI is InChI=1S/C23H31N3O8/c1-3-31-19(28)16-18(21(30)32-4-2)34-26(20(29)17-8-6-5-7-9-17)22(24)23(33-15-14-27)10-12-25-13-11-23/h5-9,16,24-25,27H,3-4,10-15H2,1-2H3. The molecule has 0 bridgehead atoms. The van der Waals surface area contributed by atoms with Crippen molar-refractivity contribution in [3.8, 4) is 0 Å². The molecule has 1 fully saturated rings. The number of carbonyl (C=O) groups is 3. The second kappa shape index (κ2) is 13.4. The summed E-state index contributed by atoms with van der Waals surface area (Å²) < 4.78 is 15.7. The maximum atomic E-state index is 13.4. The van der Waals surface area contributed by atoms with Crippen molar-refractivity contribution in [3.05, 3.63) is 47.7 Å². The highest BCUT2D eigenvalue weighted by Gasteiger charge is 2.44. The van der Waals surface area contributed by atoms with Crippen LogP contribution in [0, 0.1) is 5.41 Å². The molecule has 0 spiro atoms. The second-order valence-electron chi connectivity index (χ2n) is 7.20. The van der Waals surface area contributed by atoms with Gasteiger partial charge in [-0.05, 0) is 51.9 Å². The summed E-state index contributed by atoms with van der Waals surface area (Å²) in [5, 5.41) is 22.0. The van der Waals surface area contributed by atoms with Crippen LogP contribution in [0.5, 0.6) is 0 Å². The molecule has 2 rings (SSSR count). The molecule has 1 heterocycles. The number of amidine groups is 1. The molecule has 1 aliphatic heterocycles. The first-order valence-electron chi connectivity index (χ1n) is 11.1. The van der Waals surface area contributed by atoms with Crippen LogP contribution in [-0.4, -0.2) is 79.0 Å². The molecule has 11 heteroatoms. The lowest BCUT2D eigenvalue weighted by molar-refractivity contribution is -0.151. The number of rotatable bonds is 11. The zero-order valence-electron chi connectivity index (χ0n) is 19.4. The zero-order chi connectivity index (χ0) is 25.0. The van der Waals surface area contributed by atoms with E-state index in [9.17, 15) is 19.5 Å². The van der Waals surface area contributed by atoms with Crippen molar-refractivity contribution < 1.29 is 38.5 Å². The van der Waals surface area contributed by atoms with E-state index in [4.69, 9.17) is 24.5 Å². The van der Waals surface area contributed by atoms with E-state index >= 15 is 0 Å². The van der Waals surface area contributed by atoms with Crippen molar-refractivity contribution >= 4 is 23.7 Å². The summed E-state index contributed by atoms with van der Waals surface area (Å²) in [5.74, 6) is -3.65. The van der Waals surface area contributed by atoms with Crippen LogP contribution in [0.25, 0.3) is 0 Å². The molecule has 34 heavy (non-hydrogen) atoms. The van der Waals surface area contributed by atoms with E-state index in [0.29, 0.717) is 31.0 Å². The van der Waals surface area contributed by atoms with Crippen LogP contribution < -0.4 is 5.32 Å². The molecule has 1 aliphatic rings. The molecular formula is C23H31N3O8. The fraction of sp³-hybridized carbons (Fsp3) is 0.478. The molecule has 11 nitrogen and oxygen atoms in total. The molecule has 0 aliphatic carbocycles. The van der Waals surface area contributed by atoms with Crippen LogP contribution in [0.4, 0.5) is 0 Å². The molecule has 0 saturated carbocycles. The van der Waals surface area contributed by atoms with Gasteiger partial charge in [-0.2, -0.15) is 0 Å². The number of ether oxygens (including phenoxy) is 3. The van der Waals surface area contributed by atoms with Crippen molar-refractivity contribution in [2.45, 2.75) is 32.3 Å². The van der Waals surface area contributed by atoms with Crippen LogP contribution in [0.1, 0.15) is 37.0 Å². The molecule has 1 aromatic rings. The third-order valence-corrected chi connectivity index (χ3v) is 4.92. The minimum atomic E-state index is -1.28. The van der Waals surface area contributed by atoms with Gasteiger partial charge in [0.1, 0.15) is 5.60 Å². The van der Waals surface area contributed by atoms with Gasteiger partial charge >= 0.3 is 11.9 Å². The lowest BCUT2D eigenvalue weighted by Crippen LogP contribution is -2.57. The Balaban J connectivity index is 2.50. The molecule has 0 aromatic heterocycles. The molecule has 3 N–H and O–H groups in total. The van der Waals surface area contributed by atoms with Crippen LogP contribution in [0.15, 0.2) is 42.2 Å². The number of esters is 2. The summed E-state index contributed by atoms with van der Waals surface area (Å²) in [6.45, 7) is 3.83.